The van der Waals surface area contributed by atoms with Crippen molar-refractivity contribution in [3.8, 4) is 0 Å². The summed E-state index contributed by atoms with van der Waals surface area (Å²) < 4.78 is 5.92. The van der Waals surface area contributed by atoms with E-state index in [1.54, 1.807) is 0 Å². The van der Waals surface area contributed by atoms with Crippen LogP contribution >= 0.6 is 0 Å². The molecule has 0 unspecified atom stereocenters. The summed E-state index contributed by atoms with van der Waals surface area (Å²) in [5.41, 5.74) is 0. The minimum Gasteiger partial charge on any atom is -0.375 e. The molecule has 1 aliphatic carbocycles. The van der Waals surface area contributed by atoms with Crippen LogP contribution in [0.5, 0.6) is 0 Å². The maximum Gasteiger partial charge on any atom is 0.236 e. The quantitative estimate of drug-likeness (QED) is 0.829. The molecule has 25 heavy (non-hydrogen) atoms. The van der Waals surface area contributed by atoms with Crippen LogP contribution in [0, 0.1) is 0 Å². The van der Waals surface area contributed by atoms with Crippen LogP contribution < -0.4 is 4.90 Å². The molecule has 2 aliphatic heterocycles. The van der Waals surface area contributed by atoms with E-state index in [0.717, 1.165) is 51.6 Å². The van der Waals surface area contributed by atoms with Crippen LogP contribution in [0.4, 0.5) is 5.82 Å². The van der Waals surface area contributed by atoms with Gasteiger partial charge < -0.3 is 14.5 Å². The zero-order valence-corrected chi connectivity index (χ0v) is 14.8. The Hall–Kier alpha value is -1.66. The van der Waals surface area contributed by atoms with Crippen molar-refractivity contribution in [1.82, 2.24) is 14.8 Å². The molecule has 0 radical (unpaired) electrons. The second-order valence-corrected chi connectivity index (χ2v) is 7.29. The number of carbonyl (C=O) groups excluding carboxylic acids is 1. The average Bonchev–Trinajstić information content (AvgIpc) is 2.69. The van der Waals surface area contributed by atoms with Gasteiger partial charge in [0.2, 0.25) is 5.91 Å². The monoisotopic (exact) mass is 344 g/mol. The van der Waals surface area contributed by atoms with Gasteiger partial charge in [-0.25, -0.2) is 4.98 Å². The predicted molar refractivity (Wildman–Crippen MR) is 96.6 cm³/mol. The van der Waals surface area contributed by atoms with Gasteiger partial charge in [0, 0.05) is 45.0 Å². The molecule has 0 spiro atoms. The number of hydrogen-bond donors (Lipinski definition) is 0. The van der Waals surface area contributed by atoms with Gasteiger partial charge >= 0.3 is 0 Å². The molecule has 6 heteroatoms. The lowest BCUT2D eigenvalue weighted by molar-refractivity contribution is -0.139. The summed E-state index contributed by atoms with van der Waals surface area (Å²) in [5, 5.41) is 0. The summed E-state index contributed by atoms with van der Waals surface area (Å²) in [6, 6.07) is 6.43. The minimum absolute atomic E-state index is 0.270. The maximum atomic E-state index is 12.8. The lowest BCUT2D eigenvalue weighted by Crippen LogP contribution is -2.57. The van der Waals surface area contributed by atoms with Crippen LogP contribution in [0.3, 0.4) is 0 Å². The first-order valence-electron chi connectivity index (χ1n) is 9.61. The largest absolute Gasteiger partial charge is 0.375 e. The van der Waals surface area contributed by atoms with Crippen LogP contribution in [0.2, 0.25) is 0 Å². The van der Waals surface area contributed by atoms with Crippen molar-refractivity contribution in [2.45, 2.75) is 37.8 Å². The molecule has 4 rings (SSSR count). The van der Waals surface area contributed by atoms with E-state index in [1.807, 2.05) is 29.3 Å². The van der Waals surface area contributed by atoms with E-state index >= 15 is 0 Å². The first-order valence-corrected chi connectivity index (χ1v) is 9.61. The summed E-state index contributed by atoms with van der Waals surface area (Å²) in [5.74, 6) is 1.28. The molecule has 1 amide bonds. The van der Waals surface area contributed by atoms with Crippen LogP contribution in [0.25, 0.3) is 0 Å². The fourth-order valence-corrected chi connectivity index (χ4v) is 4.37. The smallest absolute Gasteiger partial charge is 0.236 e. The second-order valence-electron chi connectivity index (χ2n) is 7.29. The third kappa shape index (κ3) is 3.80. The minimum atomic E-state index is 0.270. The lowest BCUT2D eigenvalue weighted by Gasteiger charge is -2.44. The highest BCUT2D eigenvalue weighted by atomic mass is 16.5. The van der Waals surface area contributed by atoms with E-state index in [-0.39, 0.29) is 5.91 Å². The zero-order valence-electron chi connectivity index (χ0n) is 14.8. The van der Waals surface area contributed by atoms with Crippen molar-refractivity contribution < 1.29 is 9.53 Å². The van der Waals surface area contributed by atoms with E-state index in [1.165, 1.54) is 19.3 Å². The Morgan fingerprint density at radius 3 is 2.76 bits per heavy atom. The molecule has 1 saturated carbocycles. The molecule has 3 heterocycles. The number of rotatable bonds is 3. The summed E-state index contributed by atoms with van der Waals surface area (Å²) in [7, 11) is 0. The third-order valence-corrected chi connectivity index (χ3v) is 5.79. The normalized spacial score (nSPS) is 27.8. The molecule has 2 atom stereocenters. The lowest BCUT2D eigenvalue weighted by atomic mass is 9.90. The summed E-state index contributed by atoms with van der Waals surface area (Å²) in [4.78, 5) is 23.9. The molecule has 136 valence electrons. The Bertz CT molecular complexity index is 572. The van der Waals surface area contributed by atoms with Crippen molar-refractivity contribution >= 4 is 11.7 Å². The Labute approximate surface area is 149 Å². The molecule has 3 fully saturated rings. The highest BCUT2D eigenvalue weighted by Gasteiger charge is 2.35. The van der Waals surface area contributed by atoms with Crippen molar-refractivity contribution in [2.24, 2.45) is 0 Å². The van der Waals surface area contributed by atoms with Gasteiger partial charge in [-0.1, -0.05) is 18.9 Å². The van der Waals surface area contributed by atoms with Crippen molar-refractivity contribution in [1.29, 1.82) is 0 Å². The fraction of sp³-hybridized carbons (Fsp3) is 0.684. The number of aromatic nitrogens is 1. The number of anilines is 1. The predicted octanol–water partition coefficient (Wildman–Crippen LogP) is 1.37. The first-order chi connectivity index (χ1) is 12.3. The number of piperazine rings is 1. The summed E-state index contributed by atoms with van der Waals surface area (Å²) in [6.45, 7) is 5.49. The van der Waals surface area contributed by atoms with Gasteiger partial charge in [-0.3, -0.25) is 9.69 Å². The van der Waals surface area contributed by atoms with E-state index in [9.17, 15) is 4.79 Å². The van der Waals surface area contributed by atoms with Gasteiger partial charge in [-0.2, -0.15) is 0 Å². The SMILES string of the molecule is O=C(CN1CCO[C@@H]2CCCC[C@@H]21)N1CCN(c2ccccn2)CC1. The van der Waals surface area contributed by atoms with Gasteiger partial charge in [0.25, 0.3) is 0 Å². The highest BCUT2D eigenvalue weighted by Crippen LogP contribution is 2.28. The number of amides is 1. The van der Waals surface area contributed by atoms with Crippen LogP contribution in [-0.2, 0) is 9.53 Å². The molecule has 1 aromatic heterocycles. The summed E-state index contributed by atoms with van der Waals surface area (Å²) in [6.07, 6.45) is 7.02. The van der Waals surface area contributed by atoms with Crippen LogP contribution in [-0.4, -0.2) is 78.7 Å². The molecule has 6 nitrogen and oxygen atoms in total. The van der Waals surface area contributed by atoms with Crippen molar-refractivity contribution in [3.63, 3.8) is 0 Å². The first kappa shape index (κ1) is 16.8. The average molecular weight is 344 g/mol. The summed E-state index contributed by atoms with van der Waals surface area (Å²) >= 11 is 0. The second kappa shape index (κ2) is 7.70. The Kier molecular flexibility index (Phi) is 5.17. The molecule has 0 aromatic carbocycles. The number of pyridine rings is 1. The Morgan fingerprint density at radius 2 is 1.96 bits per heavy atom. The van der Waals surface area contributed by atoms with Crippen LogP contribution in [0.1, 0.15) is 25.7 Å². The van der Waals surface area contributed by atoms with E-state index < -0.39 is 0 Å². The number of nitrogens with zero attached hydrogens (tertiary/aromatic N) is 4. The third-order valence-electron chi connectivity index (χ3n) is 5.79. The molecular formula is C19H28N4O2. The topological polar surface area (TPSA) is 48.9 Å². The van der Waals surface area contributed by atoms with Gasteiger partial charge in [-0.15, -0.1) is 0 Å². The van der Waals surface area contributed by atoms with Crippen molar-refractivity contribution in [3.05, 3.63) is 24.4 Å². The van der Waals surface area contributed by atoms with Gasteiger partial charge in [-0.05, 0) is 25.0 Å². The van der Waals surface area contributed by atoms with E-state index in [2.05, 4.69) is 14.8 Å². The standard InChI is InChI=1S/C19H28N4O2/c24-19(15-23-13-14-25-17-6-2-1-5-16(17)23)22-11-9-21(10-12-22)18-7-3-4-8-20-18/h3-4,7-8,16-17H,1-2,5-6,9-15H2/t16-,17+/m0/s1. The van der Waals surface area contributed by atoms with E-state index in [4.69, 9.17) is 4.74 Å². The number of ether oxygens (including phenoxy) is 1. The van der Waals surface area contributed by atoms with Crippen molar-refractivity contribution in [2.75, 3.05) is 50.8 Å². The zero-order chi connectivity index (χ0) is 17.1. The van der Waals surface area contributed by atoms with E-state index in [0.29, 0.717) is 18.7 Å². The molecule has 0 N–H and O–H groups in total. The molecule has 0 bridgehead atoms. The van der Waals surface area contributed by atoms with Gasteiger partial charge in [0.05, 0.1) is 19.3 Å². The molecule has 2 saturated heterocycles. The Morgan fingerprint density at radius 1 is 1.12 bits per heavy atom. The molecule has 1 aromatic rings. The van der Waals surface area contributed by atoms with Gasteiger partial charge in [0.15, 0.2) is 0 Å². The fourth-order valence-electron chi connectivity index (χ4n) is 4.37. The van der Waals surface area contributed by atoms with Crippen LogP contribution in [0.15, 0.2) is 24.4 Å². The molecular weight excluding hydrogens is 316 g/mol. The Balaban J connectivity index is 1.30. The number of hydrogen-bond acceptors (Lipinski definition) is 5. The number of morpholine rings is 1. The number of carbonyl (C=O) groups is 1. The maximum absolute atomic E-state index is 12.8. The highest BCUT2D eigenvalue weighted by molar-refractivity contribution is 5.78. The molecule has 3 aliphatic rings. The van der Waals surface area contributed by atoms with Gasteiger partial charge in [0.1, 0.15) is 5.82 Å². The number of fused-ring (bicyclic) bond motifs is 1.